The number of benzene rings is 1. The lowest BCUT2D eigenvalue weighted by atomic mass is 10.0. The second kappa shape index (κ2) is 9.12. The molecular formula is C16H27NO. The molecular weight excluding hydrogens is 222 g/mol. The number of hydrogen-bond acceptors (Lipinski definition) is 2. The second-order valence-electron chi connectivity index (χ2n) is 4.66. The van der Waals surface area contributed by atoms with Crippen molar-refractivity contribution in [3.8, 4) is 0 Å². The van der Waals surface area contributed by atoms with Crippen molar-refractivity contribution in [1.29, 1.82) is 0 Å². The van der Waals surface area contributed by atoms with Crippen molar-refractivity contribution in [3.05, 3.63) is 35.4 Å². The summed E-state index contributed by atoms with van der Waals surface area (Å²) in [5, 5.41) is 3.55. The van der Waals surface area contributed by atoms with E-state index in [-0.39, 0.29) is 0 Å². The molecule has 0 heterocycles. The Bertz CT molecular complexity index is 299. The number of nitrogens with one attached hydrogen (secondary N) is 1. The van der Waals surface area contributed by atoms with Crippen LogP contribution in [0.1, 0.15) is 50.8 Å². The first-order valence-electron chi connectivity index (χ1n) is 7.21. The van der Waals surface area contributed by atoms with Gasteiger partial charge in [-0.05, 0) is 37.4 Å². The number of ether oxygens (including phenoxy) is 1. The predicted molar refractivity (Wildman–Crippen MR) is 78.0 cm³/mol. The lowest BCUT2D eigenvalue weighted by Crippen LogP contribution is -2.26. The van der Waals surface area contributed by atoms with Crippen LogP contribution in [0.2, 0.25) is 0 Å². The van der Waals surface area contributed by atoms with Crippen molar-refractivity contribution < 1.29 is 4.74 Å². The molecule has 0 radical (unpaired) electrons. The number of hydrogen-bond donors (Lipinski definition) is 1. The SMILES string of the molecule is CCCNC(COCC)c1ccc(CCC)cc1. The van der Waals surface area contributed by atoms with Gasteiger partial charge in [0.15, 0.2) is 0 Å². The maximum absolute atomic E-state index is 5.56. The van der Waals surface area contributed by atoms with Gasteiger partial charge < -0.3 is 10.1 Å². The third kappa shape index (κ3) is 5.19. The molecule has 0 fully saturated rings. The highest BCUT2D eigenvalue weighted by molar-refractivity contribution is 5.25. The zero-order valence-electron chi connectivity index (χ0n) is 12.0. The fourth-order valence-corrected chi connectivity index (χ4v) is 2.03. The Morgan fingerprint density at radius 2 is 1.78 bits per heavy atom. The summed E-state index contributed by atoms with van der Waals surface area (Å²) in [6.45, 7) is 9.02. The molecule has 0 spiro atoms. The summed E-state index contributed by atoms with van der Waals surface area (Å²) in [5.41, 5.74) is 2.75. The first kappa shape index (κ1) is 15.2. The molecule has 1 aromatic carbocycles. The fraction of sp³-hybridized carbons (Fsp3) is 0.625. The molecule has 0 saturated heterocycles. The minimum absolute atomic E-state index is 0.320. The van der Waals surface area contributed by atoms with Crippen LogP contribution >= 0.6 is 0 Å². The Balaban J connectivity index is 2.64. The first-order chi connectivity index (χ1) is 8.81. The highest BCUT2D eigenvalue weighted by atomic mass is 16.5. The Morgan fingerprint density at radius 3 is 2.33 bits per heavy atom. The van der Waals surface area contributed by atoms with Crippen LogP contribution in [0.15, 0.2) is 24.3 Å². The zero-order valence-corrected chi connectivity index (χ0v) is 12.0. The van der Waals surface area contributed by atoms with Crippen molar-refractivity contribution in [2.24, 2.45) is 0 Å². The first-order valence-corrected chi connectivity index (χ1v) is 7.21. The predicted octanol–water partition coefficient (Wildman–Crippen LogP) is 3.72. The van der Waals surface area contributed by atoms with Crippen LogP contribution in [0.3, 0.4) is 0 Å². The van der Waals surface area contributed by atoms with Crippen molar-refractivity contribution in [3.63, 3.8) is 0 Å². The monoisotopic (exact) mass is 249 g/mol. The molecule has 1 aromatic rings. The van der Waals surface area contributed by atoms with Gasteiger partial charge in [0.05, 0.1) is 12.6 Å². The molecule has 0 aliphatic carbocycles. The maximum Gasteiger partial charge on any atom is 0.0661 e. The van der Waals surface area contributed by atoms with Gasteiger partial charge in [-0.2, -0.15) is 0 Å². The van der Waals surface area contributed by atoms with Gasteiger partial charge in [0.2, 0.25) is 0 Å². The molecule has 1 rings (SSSR count). The van der Waals surface area contributed by atoms with Gasteiger partial charge >= 0.3 is 0 Å². The summed E-state index contributed by atoms with van der Waals surface area (Å²) in [6.07, 6.45) is 3.52. The van der Waals surface area contributed by atoms with Crippen LogP contribution < -0.4 is 5.32 Å². The molecule has 2 heteroatoms. The van der Waals surface area contributed by atoms with Crippen molar-refractivity contribution in [2.45, 2.75) is 46.1 Å². The molecule has 0 saturated carbocycles. The third-order valence-electron chi connectivity index (χ3n) is 3.05. The second-order valence-corrected chi connectivity index (χ2v) is 4.66. The van der Waals surface area contributed by atoms with Crippen LogP contribution in [0.4, 0.5) is 0 Å². The van der Waals surface area contributed by atoms with Crippen molar-refractivity contribution >= 4 is 0 Å². The molecule has 18 heavy (non-hydrogen) atoms. The molecule has 2 nitrogen and oxygen atoms in total. The summed E-state index contributed by atoms with van der Waals surface area (Å²) in [6, 6.07) is 9.27. The number of aryl methyl sites for hydroxylation is 1. The topological polar surface area (TPSA) is 21.3 Å². The third-order valence-corrected chi connectivity index (χ3v) is 3.05. The highest BCUT2D eigenvalue weighted by Crippen LogP contribution is 2.15. The van der Waals surface area contributed by atoms with E-state index in [0.29, 0.717) is 6.04 Å². The molecule has 0 amide bonds. The smallest absolute Gasteiger partial charge is 0.0661 e. The lowest BCUT2D eigenvalue weighted by molar-refractivity contribution is 0.123. The average molecular weight is 249 g/mol. The zero-order chi connectivity index (χ0) is 13.2. The molecule has 1 atom stereocenters. The number of rotatable bonds is 9. The minimum Gasteiger partial charge on any atom is -0.380 e. The quantitative estimate of drug-likeness (QED) is 0.720. The van der Waals surface area contributed by atoms with E-state index in [4.69, 9.17) is 4.74 Å². The Morgan fingerprint density at radius 1 is 1.06 bits per heavy atom. The van der Waals surface area contributed by atoms with E-state index in [1.807, 2.05) is 6.92 Å². The Labute approximate surface area is 112 Å². The molecule has 0 bridgehead atoms. The van der Waals surface area contributed by atoms with Gasteiger partial charge in [0.1, 0.15) is 0 Å². The largest absolute Gasteiger partial charge is 0.380 e. The maximum atomic E-state index is 5.56. The fourth-order valence-electron chi connectivity index (χ4n) is 2.03. The van der Waals surface area contributed by atoms with E-state index in [0.717, 1.165) is 26.2 Å². The van der Waals surface area contributed by atoms with Crippen LogP contribution in [0, 0.1) is 0 Å². The van der Waals surface area contributed by atoms with Gasteiger partial charge in [-0.3, -0.25) is 0 Å². The van der Waals surface area contributed by atoms with E-state index in [1.54, 1.807) is 0 Å². The van der Waals surface area contributed by atoms with E-state index >= 15 is 0 Å². The summed E-state index contributed by atoms with van der Waals surface area (Å²) in [7, 11) is 0. The van der Waals surface area contributed by atoms with Gasteiger partial charge in [-0.15, -0.1) is 0 Å². The van der Waals surface area contributed by atoms with Gasteiger partial charge in [-0.25, -0.2) is 0 Å². The normalized spacial score (nSPS) is 12.6. The van der Waals surface area contributed by atoms with E-state index in [2.05, 4.69) is 43.4 Å². The van der Waals surface area contributed by atoms with Crippen molar-refractivity contribution in [2.75, 3.05) is 19.8 Å². The van der Waals surface area contributed by atoms with E-state index in [1.165, 1.54) is 24.0 Å². The minimum atomic E-state index is 0.320. The molecule has 0 aromatic heterocycles. The lowest BCUT2D eigenvalue weighted by Gasteiger charge is -2.19. The highest BCUT2D eigenvalue weighted by Gasteiger charge is 2.10. The molecule has 102 valence electrons. The van der Waals surface area contributed by atoms with E-state index in [9.17, 15) is 0 Å². The van der Waals surface area contributed by atoms with Crippen LogP contribution in [0.5, 0.6) is 0 Å². The molecule has 1 unspecified atom stereocenters. The summed E-state index contributed by atoms with van der Waals surface area (Å²) in [4.78, 5) is 0. The summed E-state index contributed by atoms with van der Waals surface area (Å²) in [5.74, 6) is 0. The molecule has 1 N–H and O–H groups in total. The van der Waals surface area contributed by atoms with Crippen LogP contribution in [-0.4, -0.2) is 19.8 Å². The van der Waals surface area contributed by atoms with E-state index < -0.39 is 0 Å². The Hall–Kier alpha value is -0.860. The summed E-state index contributed by atoms with van der Waals surface area (Å²) >= 11 is 0. The Kier molecular flexibility index (Phi) is 7.70. The summed E-state index contributed by atoms with van der Waals surface area (Å²) < 4.78 is 5.56. The van der Waals surface area contributed by atoms with Crippen molar-refractivity contribution in [1.82, 2.24) is 5.32 Å². The standard InChI is InChI=1S/C16H27NO/c1-4-7-14-8-10-15(11-9-14)16(13-18-6-3)17-12-5-2/h8-11,16-17H,4-7,12-13H2,1-3H3. The van der Waals surface area contributed by atoms with Gasteiger partial charge in [-0.1, -0.05) is 44.5 Å². The average Bonchev–Trinajstić information content (AvgIpc) is 2.41. The molecule has 0 aliphatic heterocycles. The van der Waals surface area contributed by atoms with Crippen LogP contribution in [-0.2, 0) is 11.2 Å². The van der Waals surface area contributed by atoms with Gasteiger partial charge in [0, 0.05) is 6.61 Å². The van der Waals surface area contributed by atoms with Crippen LogP contribution in [0.25, 0.3) is 0 Å². The molecule has 0 aliphatic rings. The van der Waals surface area contributed by atoms with Gasteiger partial charge in [0.25, 0.3) is 0 Å².